The Morgan fingerprint density at radius 3 is 2.42 bits per heavy atom. The van der Waals surface area contributed by atoms with Gasteiger partial charge in [0.25, 0.3) is 11.6 Å². The van der Waals surface area contributed by atoms with Crippen molar-refractivity contribution in [3.63, 3.8) is 0 Å². The van der Waals surface area contributed by atoms with Gasteiger partial charge >= 0.3 is 5.82 Å². The molecule has 1 aromatic heterocycles. The molecule has 3 rings (SSSR count). The molecule has 1 amide bonds. The van der Waals surface area contributed by atoms with Gasteiger partial charge in [0.15, 0.2) is 6.04 Å². The van der Waals surface area contributed by atoms with Crippen LogP contribution in [-0.4, -0.2) is 25.5 Å². The van der Waals surface area contributed by atoms with Gasteiger partial charge in [-0.3, -0.25) is 14.9 Å². The molecule has 0 saturated carbocycles. The number of hydrogen-bond acceptors (Lipinski definition) is 7. The lowest BCUT2D eigenvalue weighted by atomic mass is 10.1. The van der Waals surface area contributed by atoms with Gasteiger partial charge in [0.05, 0.1) is 33.5 Å². The number of nitrogens with one attached hydrogen (secondary N) is 1. The molecular formula is C22H23N5O6. The van der Waals surface area contributed by atoms with Crippen LogP contribution in [0.15, 0.2) is 42.5 Å². The lowest BCUT2D eigenvalue weighted by Gasteiger charge is -2.15. The van der Waals surface area contributed by atoms with E-state index < -0.39 is 21.8 Å². The molecule has 1 unspecified atom stereocenters. The lowest BCUT2D eigenvalue weighted by molar-refractivity contribution is -0.389. The molecule has 0 fully saturated rings. The minimum absolute atomic E-state index is 0.160. The molecule has 0 spiro atoms. The molecule has 3 aromatic rings. The quantitative estimate of drug-likeness (QED) is 0.373. The van der Waals surface area contributed by atoms with Gasteiger partial charge in [-0.15, -0.1) is 0 Å². The Labute approximate surface area is 189 Å². The number of rotatable bonds is 8. The number of aryl methyl sites for hydroxylation is 3. The first kappa shape index (κ1) is 23.4. The smallest absolute Gasteiger partial charge is 0.390 e. The summed E-state index contributed by atoms with van der Waals surface area (Å²) in [5, 5.41) is 29.0. The summed E-state index contributed by atoms with van der Waals surface area (Å²) < 4.78 is 7.15. The van der Waals surface area contributed by atoms with Crippen LogP contribution in [0.4, 0.5) is 17.2 Å². The van der Waals surface area contributed by atoms with Crippen LogP contribution in [0.25, 0.3) is 0 Å². The third-order valence-corrected chi connectivity index (χ3v) is 5.02. The third-order valence-electron chi connectivity index (χ3n) is 5.02. The van der Waals surface area contributed by atoms with E-state index in [2.05, 4.69) is 10.4 Å². The summed E-state index contributed by atoms with van der Waals surface area (Å²) in [5.74, 6) is -0.152. The van der Waals surface area contributed by atoms with Crippen molar-refractivity contribution in [2.45, 2.75) is 40.2 Å². The van der Waals surface area contributed by atoms with E-state index in [0.29, 0.717) is 17.9 Å². The number of anilines is 1. The van der Waals surface area contributed by atoms with E-state index >= 15 is 0 Å². The number of hydrogen-bond donors (Lipinski definition) is 1. The first-order valence-electron chi connectivity index (χ1n) is 10.1. The molecule has 1 heterocycles. The Morgan fingerprint density at radius 1 is 1.09 bits per heavy atom. The number of non-ortho nitro benzene ring substituents is 1. The van der Waals surface area contributed by atoms with E-state index in [1.54, 1.807) is 13.8 Å². The van der Waals surface area contributed by atoms with Gasteiger partial charge < -0.3 is 20.2 Å². The third kappa shape index (κ3) is 5.32. The number of amides is 1. The van der Waals surface area contributed by atoms with Crippen LogP contribution < -0.4 is 10.1 Å². The van der Waals surface area contributed by atoms with Crippen molar-refractivity contribution in [2.24, 2.45) is 0 Å². The molecule has 2 aromatic carbocycles. The molecule has 172 valence electrons. The van der Waals surface area contributed by atoms with Crippen molar-refractivity contribution in [1.82, 2.24) is 9.78 Å². The van der Waals surface area contributed by atoms with E-state index in [4.69, 9.17) is 4.74 Å². The summed E-state index contributed by atoms with van der Waals surface area (Å²) in [6.07, 6.45) is 0.298. The molecule has 1 atom stereocenters. The Morgan fingerprint density at radius 2 is 1.82 bits per heavy atom. The van der Waals surface area contributed by atoms with Crippen molar-refractivity contribution in [3.8, 4) is 11.5 Å². The highest BCUT2D eigenvalue weighted by atomic mass is 16.6. The van der Waals surface area contributed by atoms with E-state index in [9.17, 15) is 25.0 Å². The summed E-state index contributed by atoms with van der Waals surface area (Å²) in [4.78, 5) is 34.2. The predicted molar refractivity (Wildman–Crippen MR) is 121 cm³/mol. The van der Waals surface area contributed by atoms with E-state index in [1.165, 1.54) is 28.9 Å². The molecule has 0 saturated heterocycles. The zero-order valence-electron chi connectivity index (χ0n) is 18.6. The van der Waals surface area contributed by atoms with Crippen molar-refractivity contribution in [2.75, 3.05) is 5.32 Å². The Balaban J connectivity index is 1.91. The van der Waals surface area contributed by atoms with E-state index in [-0.39, 0.29) is 22.9 Å². The predicted octanol–water partition coefficient (Wildman–Crippen LogP) is 5.01. The molecule has 0 radical (unpaired) electrons. The number of carbonyl (C=O) groups is 1. The maximum absolute atomic E-state index is 13.0. The highest BCUT2D eigenvalue weighted by Gasteiger charge is 2.27. The number of nitrogens with zero attached hydrogens (tertiary/aromatic N) is 4. The summed E-state index contributed by atoms with van der Waals surface area (Å²) in [6.45, 7) is 7.10. The largest absolute Gasteiger partial charge is 0.457 e. The monoisotopic (exact) mass is 453 g/mol. The second-order valence-electron chi connectivity index (χ2n) is 7.60. The Kier molecular flexibility index (Phi) is 6.71. The summed E-state index contributed by atoms with van der Waals surface area (Å²) in [7, 11) is 0. The standard InChI is InChI=1S/C22H23N5O6/c1-5-19(25-15(4)9-21(24-25)27(31)32)22(28)23-16-10-17(26(29)30)12-18(11-16)33-20-8-13(2)6-7-14(20)3/h6-12,19H,5H2,1-4H3,(H,23,28). The fraction of sp³-hybridized carbons (Fsp3) is 0.273. The van der Waals surface area contributed by atoms with Crippen molar-refractivity contribution >= 4 is 23.1 Å². The van der Waals surface area contributed by atoms with Crippen molar-refractivity contribution < 1.29 is 19.4 Å². The Hall–Kier alpha value is -4.28. The van der Waals surface area contributed by atoms with E-state index in [1.807, 2.05) is 32.0 Å². The average Bonchev–Trinajstić information content (AvgIpc) is 3.13. The zero-order chi connectivity index (χ0) is 24.3. The van der Waals surface area contributed by atoms with Crippen molar-refractivity contribution in [1.29, 1.82) is 0 Å². The van der Waals surface area contributed by atoms with Crippen LogP contribution in [-0.2, 0) is 4.79 Å². The molecule has 0 aliphatic carbocycles. The second-order valence-corrected chi connectivity index (χ2v) is 7.60. The molecule has 1 N–H and O–H groups in total. The highest BCUT2D eigenvalue weighted by molar-refractivity contribution is 5.94. The van der Waals surface area contributed by atoms with Crippen LogP contribution in [0.1, 0.15) is 36.2 Å². The number of nitro groups is 2. The highest BCUT2D eigenvalue weighted by Crippen LogP contribution is 2.32. The van der Waals surface area contributed by atoms with E-state index in [0.717, 1.165) is 11.1 Å². The molecule has 11 heteroatoms. The SMILES string of the molecule is CCC(C(=O)Nc1cc(Oc2cc(C)ccc2C)cc([N+](=O)[O-])c1)n1nc([N+](=O)[O-])cc1C. The van der Waals surface area contributed by atoms with Gasteiger partial charge in [-0.1, -0.05) is 19.1 Å². The van der Waals surface area contributed by atoms with Gasteiger partial charge in [0, 0.05) is 12.1 Å². The molecule has 11 nitrogen and oxygen atoms in total. The fourth-order valence-electron chi connectivity index (χ4n) is 3.33. The molecule has 33 heavy (non-hydrogen) atoms. The fourth-order valence-corrected chi connectivity index (χ4v) is 3.33. The first-order valence-corrected chi connectivity index (χ1v) is 10.1. The van der Waals surface area contributed by atoms with Crippen molar-refractivity contribution in [3.05, 3.63) is 79.5 Å². The van der Waals surface area contributed by atoms with Gasteiger partial charge in [-0.25, -0.2) is 0 Å². The molecule has 0 aliphatic rings. The van der Waals surface area contributed by atoms with Crippen LogP contribution in [0.3, 0.4) is 0 Å². The minimum atomic E-state index is -0.846. The lowest BCUT2D eigenvalue weighted by Crippen LogP contribution is -2.27. The number of ether oxygens (including phenoxy) is 1. The average molecular weight is 453 g/mol. The molecular weight excluding hydrogens is 430 g/mol. The number of benzene rings is 2. The van der Waals surface area contributed by atoms with Crippen LogP contribution in [0.5, 0.6) is 11.5 Å². The number of carbonyl (C=O) groups excluding carboxylic acids is 1. The number of nitro benzene ring substituents is 1. The molecule has 0 bridgehead atoms. The topological polar surface area (TPSA) is 142 Å². The summed E-state index contributed by atoms with van der Waals surface area (Å²) >= 11 is 0. The zero-order valence-corrected chi connectivity index (χ0v) is 18.6. The van der Waals surface area contributed by atoms with Crippen LogP contribution in [0.2, 0.25) is 0 Å². The van der Waals surface area contributed by atoms with Gasteiger partial charge in [0.2, 0.25) is 0 Å². The first-order chi connectivity index (χ1) is 15.6. The van der Waals surface area contributed by atoms with Crippen LogP contribution >= 0.6 is 0 Å². The van der Waals surface area contributed by atoms with Gasteiger partial charge in [-0.05, 0) is 49.3 Å². The summed E-state index contributed by atoms with van der Waals surface area (Å²) in [5.41, 5.74) is 2.16. The second kappa shape index (κ2) is 9.47. The van der Waals surface area contributed by atoms with Crippen LogP contribution in [0, 0.1) is 41.0 Å². The normalized spacial score (nSPS) is 11.6. The van der Waals surface area contributed by atoms with Gasteiger partial charge in [0.1, 0.15) is 11.5 Å². The summed E-state index contributed by atoms with van der Waals surface area (Å²) in [6, 6.07) is 10.0. The molecule has 0 aliphatic heterocycles. The number of aromatic nitrogens is 2. The van der Waals surface area contributed by atoms with Gasteiger partial charge in [-0.2, -0.15) is 4.68 Å². The maximum Gasteiger partial charge on any atom is 0.390 e. The minimum Gasteiger partial charge on any atom is -0.457 e. The maximum atomic E-state index is 13.0. The Bertz CT molecular complexity index is 1240.